The molecule has 2 saturated carbocycles. The second-order valence-electron chi connectivity index (χ2n) is 6.75. The summed E-state index contributed by atoms with van der Waals surface area (Å²) in [5.41, 5.74) is 0. The Balaban J connectivity index is 1.78. The van der Waals surface area contributed by atoms with Gasteiger partial charge >= 0.3 is 0 Å². The fraction of sp³-hybridized carbons (Fsp3) is 1.00. The van der Waals surface area contributed by atoms with Crippen molar-refractivity contribution < 1.29 is 0 Å². The Hall–Kier alpha value is -0.0400. The highest BCUT2D eigenvalue weighted by molar-refractivity contribution is 5.03. The van der Waals surface area contributed by atoms with Gasteiger partial charge in [-0.1, -0.05) is 33.1 Å². The number of fused-ring (bicyclic) bond motifs is 3. The van der Waals surface area contributed by atoms with E-state index in [1.165, 1.54) is 44.9 Å². The summed E-state index contributed by atoms with van der Waals surface area (Å²) < 4.78 is 0. The Morgan fingerprint density at radius 3 is 2.44 bits per heavy atom. The van der Waals surface area contributed by atoms with E-state index in [1.54, 1.807) is 0 Å². The number of nitrogens with one attached hydrogen (secondary N) is 1. The van der Waals surface area contributed by atoms with Crippen molar-refractivity contribution in [3.63, 3.8) is 0 Å². The van der Waals surface area contributed by atoms with Gasteiger partial charge in [0.1, 0.15) is 0 Å². The van der Waals surface area contributed by atoms with Gasteiger partial charge < -0.3 is 5.32 Å². The van der Waals surface area contributed by atoms with Crippen LogP contribution < -0.4 is 5.32 Å². The minimum absolute atomic E-state index is 0.875. The van der Waals surface area contributed by atoms with E-state index >= 15 is 0 Å². The van der Waals surface area contributed by atoms with Gasteiger partial charge in [-0.2, -0.15) is 0 Å². The van der Waals surface area contributed by atoms with E-state index in [-0.39, 0.29) is 0 Å². The van der Waals surface area contributed by atoms with Crippen LogP contribution in [0.3, 0.4) is 0 Å². The summed E-state index contributed by atoms with van der Waals surface area (Å²) in [5.74, 6) is 3.91. The summed E-state index contributed by atoms with van der Waals surface area (Å²) in [5, 5.41) is 4.03. The standard InChI is InChI=1S/C15H27N/c1-10(2)11-7-5-8-13-12-6-3-4-9-14(12)16-15(11)13/h10-16H,3-9H2,1-2H3. The maximum Gasteiger partial charge on any atom is 0.0132 e. The maximum atomic E-state index is 4.03. The average Bonchev–Trinajstić information content (AvgIpc) is 2.67. The first kappa shape index (κ1) is 11.1. The lowest BCUT2D eigenvalue weighted by Crippen LogP contribution is -2.42. The molecular weight excluding hydrogens is 194 g/mol. The van der Waals surface area contributed by atoms with Crippen molar-refractivity contribution in [2.45, 2.75) is 70.9 Å². The Labute approximate surface area is 100 Å². The molecule has 3 rings (SSSR count). The molecule has 3 aliphatic rings. The van der Waals surface area contributed by atoms with Gasteiger partial charge in [-0.05, 0) is 49.4 Å². The second kappa shape index (κ2) is 4.33. The number of hydrogen-bond acceptors (Lipinski definition) is 1. The fourth-order valence-electron chi connectivity index (χ4n) is 4.87. The zero-order chi connectivity index (χ0) is 11.1. The van der Waals surface area contributed by atoms with Crippen LogP contribution in [-0.2, 0) is 0 Å². The molecule has 5 atom stereocenters. The van der Waals surface area contributed by atoms with Crippen LogP contribution in [0.1, 0.15) is 58.8 Å². The lowest BCUT2D eigenvalue weighted by atomic mass is 9.68. The molecular formula is C15H27N. The molecule has 2 aliphatic carbocycles. The van der Waals surface area contributed by atoms with Crippen LogP contribution in [0, 0.1) is 23.7 Å². The molecule has 3 fully saturated rings. The van der Waals surface area contributed by atoms with Gasteiger partial charge in [0.25, 0.3) is 0 Å². The Morgan fingerprint density at radius 1 is 0.875 bits per heavy atom. The molecule has 0 spiro atoms. The molecule has 1 nitrogen and oxygen atoms in total. The van der Waals surface area contributed by atoms with Crippen LogP contribution in [-0.4, -0.2) is 12.1 Å². The highest BCUT2D eigenvalue weighted by Crippen LogP contribution is 2.47. The van der Waals surface area contributed by atoms with Gasteiger partial charge in [0.2, 0.25) is 0 Å². The first-order valence-corrected chi connectivity index (χ1v) is 7.53. The van der Waals surface area contributed by atoms with Gasteiger partial charge in [-0.25, -0.2) is 0 Å². The maximum absolute atomic E-state index is 4.03. The van der Waals surface area contributed by atoms with Gasteiger partial charge in [-0.3, -0.25) is 0 Å². The van der Waals surface area contributed by atoms with Gasteiger partial charge in [-0.15, -0.1) is 0 Å². The molecule has 0 aromatic carbocycles. The van der Waals surface area contributed by atoms with Crippen molar-refractivity contribution in [1.29, 1.82) is 0 Å². The van der Waals surface area contributed by atoms with Gasteiger partial charge in [0.05, 0.1) is 0 Å². The predicted molar refractivity (Wildman–Crippen MR) is 68.3 cm³/mol. The van der Waals surface area contributed by atoms with Gasteiger partial charge in [0.15, 0.2) is 0 Å². The molecule has 1 N–H and O–H groups in total. The quantitative estimate of drug-likeness (QED) is 0.713. The lowest BCUT2D eigenvalue weighted by Gasteiger charge is -2.38. The lowest BCUT2D eigenvalue weighted by molar-refractivity contribution is 0.154. The first-order valence-electron chi connectivity index (χ1n) is 7.53. The fourth-order valence-corrected chi connectivity index (χ4v) is 4.87. The van der Waals surface area contributed by atoms with E-state index in [0.717, 1.165) is 35.8 Å². The van der Waals surface area contributed by atoms with Crippen LogP contribution in [0.15, 0.2) is 0 Å². The smallest absolute Gasteiger partial charge is 0.0132 e. The molecule has 1 heterocycles. The molecule has 1 aliphatic heterocycles. The second-order valence-corrected chi connectivity index (χ2v) is 6.75. The van der Waals surface area contributed by atoms with E-state index in [2.05, 4.69) is 19.2 Å². The van der Waals surface area contributed by atoms with Crippen LogP contribution in [0.4, 0.5) is 0 Å². The van der Waals surface area contributed by atoms with Crippen molar-refractivity contribution in [3.05, 3.63) is 0 Å². The minimum Gasteiger partial charge on any atom is -0.310 e. The Morgan fingerprint density at radius 2 is 1.62 bits per heavy atom. The highest BCUT2D eigenvalue weighted by atomic mass is 15.0. The third kappa shape index (κ3) is 1.72. The molecule has 0 amide bonds. The van der Waals surface area contributed by atoms with Crippen molar-refractivity contribution in [1.82, 2.24) is 5.32 Å². The highest BCUT2D eigenvalue weighted by Gasteiger charge is 2.48. The number of hydrogen-bond donors (Lipinski definition) is 1. The minimum atomic E-state index is 0.875. The van der Waals surface area contributed by atoms with E-state index < -0.39 is 0 Å². The normalized spacial score (nSPS) is 47.8. The van der Waals surface area contributed by atoms with Crippen molar-refractivity contribution in [2.24, 2.45) is 23.7 Å². The van der Waals surface area contributed by atoms with Crippen LogP contribution in [0.2, 0.25) is 0 Å². The molecule has 0 aromatic rings. The predicted octanol–water partition coefficient (Wildman–Crippen LogP) is 3.59. The third-order valence-electron chi connectivity index (χ3n) is 5.63. The SMILES string of the molecule is CC(C)C1CCCC2C3CCCCC3NC12. The molecule has 5 unspecified atom stereocenters. The van der Waals surface area contributed by atoms with Crippen LogP contribution in [0.5, 0.6) is 0 Å². The van der Waals surface area contributed by atoms with Crippen LogP contribution >= 0.6 is 0 Å². The summed E-state index contributed by atoms with van der Waals surface area (Å²) in [7, 11) is 0. The molecule has 1 heteroatoms. The topological polar surface area (TPSA) is 12.0 Å². The molecule has 0 aromatic heterocycles. The largest absolute Gasteiger partial charge is 0.310 e. The van der Waals surface area contributed by atoms with Crippen LogP contribution in [0.25, 0.3) is 0 Å². The Kier molecular flexibility index (Phi) is 2.99. The number of rotatable bonds is 1. The van der Waals surface area contributed by atoms with Crippen molar-refractivity contribution in [3.8, 4) is 0 Å². The molecule has 1 saturated heterocycles. The zero-order valence-corrected chi connectivity index (χ0v) is 10.9. The summed E-state index contributed by atoms with van der Waals surface area (Å²) in [6.07, 6.45) is 10.4. The van der Waals surface area contributed by atoms with E-state index in [1.807, 2.05) is 0 Å². The van der Waals surface area contributed by atoms with Crippen molar-refractivity contribution in [2.75, 3.05) is 0 Å². The third-order valence-corrected chi connectivity index (χ3v) is 5.63. The van der Waals surface area contributed by atoms with E-state index in [0.29, 0.717) is 0 Å². The molecule has 0 radical (unpaired) electrons. The van der Waals surface area contributed by atoms with E-state index in [9.17, 15) is 0 Å². The average molecular weight is 221 g/mol. The monoisotopic (exact) mass is 221 g/mol. The molecule has 16 heavy (non-hydrogen) atoms. The Bertz CT molecular complexity index is 248. The summed E-state index contributed by atoms with van der Waals surface area (Å²) in [6.45, 7) is 4.85. The molecule has 0 bridgehead atoms. The summed E-state index contributed by atoms with van der Waals surface area (Å²) >= 11 is 0. The summed E-state index contributed by atoms with van der Waals surface area (Å²) in [6, 6.07) is 1.77. The van der Waals surface area contributed by atoms with Crippen molar-refractivity contribution >= 4 is 0 Å². The summed E-state index contributed by atoms with van der Waals surface area (Å²) in [4.78, 5) is 0. The van der Waals surface area contributed by atoms with Gasteiger partial charge in [0, 0.05) is 12.1 Å². The van der Waals surface area contributed by atoms with E-state index in [4.69, 9.17) is 0 Å². The molecule has 92 valence electrons. The first-order chi connectivity index (χ1) is 7.77. The zero-order valence-electron chi connectivity index (χ0n) is 10.9.